The van der Waals surface area contributed by atoms with Crippen LogP contribution < -0.4 is 16.2 Å². The summed E-state index contributed by atoms with van der Waals surface area (Å²) in [4.78, 5) is 30.1. The maximum atomic E-state index is 11.9. The second-order valence-electron chi connectivity index (χ2n) is 4.96. The molecule has 0 aliphatic carbocycles. The lowest BCUT2D eigenvalue weighted by Crippen LogP contribution is -2.35. The lowest BCUT2D eigenvalue weighted by atomic mass is 10.2. The van der Waals surface area contributed by atoms with E-state index in [9.17, 15) is 9.59 Å². The molecule has 1 aromatic carbocycles. The van der Waals surface area contributed by atoms with Crippen molar-refractivity contribution in [3.05, 3.63) is 40.4 Å². The van der Waals surface area contributed by atoms with E-state index in [-0.39, 0.29) is 17.5 Å². The highest BCUT2D eigenvalue weighted by Crippen LogP contribution is 2.07. The molecular formula is C14H16N4O2. The Balaban J connectivity index is 1.66. The molecule has 1 saturated heterocycles. The van der Waals surface area contributed by atoms with Crippen LogP contribution in [0, 0.1) is 0 Å². The number of hydrogen-bond acceptors (Lipinski definition) is 4. The van der Waals surface area contributed by atoms with Gasteiger partial charge in [-0.2, -0.15) is 0 Å². The number of nitrogens with zero attached hydrogens (tertiary/aromatic N) is 1. The Morgan fingerprint density at radius 3 is 2.95 bits per heavy atom. The molecule has 1 aromatic heterocycles. The van der Waals surface area contributed by atoms with Gasteiger partial charge in [0.1, 0.15) is 5.82 Å². The van der Waals surface area contributed by atoms with Crippen LogP contribution in [0.2, 0.25) is 0 Å². The summed E-state index contributed by atoms with van der Waals surface area (Å²) >= 11 is 0. The fraction of sp³-hybridized carbons (Fsp3) is 0.357. The van der Waals surface area contributed by atoms with Gasteiger partial charge in [-0.05, 0) is 18.6 Å². The first kappa shape index (κ1) is 12.8. The molecule has 0 saturated carbocycles. The van der Waals surface area contributed by atoms with E-state index in [0.717, 1.165) is 6.42 Å². The Morgan fingerprint density at radius 1 is 1.30 bits per heavy atom. The van der Waals surface area contributed by atoms with Crippen LogP contribution in [0.4, 0.5) is 0 Å². The minimum absolute atomic E-state index is 0.106. The maximum Gasteiger partial charge on any atom is 0.258 e. The highest BCUT2D eigenvalue weighted by molar-refractivity contribution is 5.78. The van der Waals surface area contributed by atoms with Crippen LogP contribution in [-0.2, 0) is 11.3 Å². The monoisotopic (exact) mass is 272 g/mol. The molecule has 6 heteroatoms. The van der Waals surface area contributed by atoms with Gasteiger partial charge in [0.15, 0.2) is 0 Å². The Kier molecular flexibility index (Phi) is 3.47. The van der Waals surface area contributed by atoms with Crippen molar-refractivity contribution in [3.8, 4) is 0 Å². The van der Waals surface area contributed by atoms with Gasteiger partial charge in [0.05, 0.1) is 17.4 Å². The standard InChI is InChI=1S/C14H16N4O2/c19-13-6-5-9(16-13)7-15-8-12-17-11-4-2-1-3-10(11)14(20)18-12/h1-4,9,15H,5-8H2,(H,16,19)(H,17,18,20). The zero-order valence-electron chi connectivity index (χ0n) is 11.0. The first-order chi connectivity index (χ1) is 9.72. The van der Waals surface area contributed by atoms with E-state index in [2.05, 4.69) is 20.6 Å². The van der Waals surface area contributed by atoms with Crippen LogP contribution in [0.25, 0.3) is 10.9 Å². The maximum absolute atomic E-state index is 11.9. The van der Waals surface area contributed by atoms with Crippen LogP contribution in [-0.4, -0.2) is 28.5 Å². The Bertz CT molecular complexity index is 695. The van der Waals surface area contributed by atoms with Gasteiger partial charge in [-0.25, -0.2) is 4.98 Å². The number of hydrogen-bond donors (Lipinski definition) is 3. The molecule has 3 N–H and O–H groups in total. The van der Waals surface area contributed by atoms with Gasteiger partial charge < -0.3 is 15.6 Å². The number of para-hydroxylation sites is 1. The minimum atomic E-state index is -0.124. The SMILES string of the molecule is O=C1CCC(CNCc2nc3ccccc3c(=O)[nH]2)N1. The molecule has 1 atom stereocenters. The molecule has 6 nitrogen and oxygen atoms in total. The van der Waals surface area contributed by atoms with Gasteiger partial charge >= 0.3 is 0 Å². The topological polar surface area (TPSA) is 86.9 Å². The molecule has 1 unspecified atom stereocenters. The molecule has 0 spiro atoms. The van der Waals surface area contributed by atoms with E-state index in [1.165, 1.54) is 0 Å². The van der Waals surface area contributed by atoms with E-state index in [1.807, 2.05) is 18.2 Å². The van der Waals surface area contributed by atoms with Crippen LogP contribution in [0.1, 0.15) is 18.7 Å². The van der Waals surface area contributed by atoms with Gasteiger partial charge in [0, 0.05) is 19.0 Å². The molecule has 2 aromatic rings. The number of benzene rings is 1. The van der Waals surface area contributed by atoms with Crippen molar-refractivity contribution in [2.75, 3.05) is 6.54 Å². The third-order valence-electron chi connectivity index (χ3n) is 3.43. The van der Waals surface area contributed by atoms with Crippen LogP contribution in [0.5, 0.6) is 0 Å². The van der Waals surface area contributed by atoms with Gasteiger partial charge in [0.2, 0.25) is 5.91 Å². The Labute approximate surface area is 115 Å². The Hall–Kier alpha value is -2.21. The number of nitrogens with one attached hydrogen (secondary N) is 3. The first-order valence-electron chi connectivity index (χ1n) is 6.70. The highest BCUT2D eigenvalue weighted by atomic mass is 16.2. The summed E-state index contributed by atoms with van der Waals surface area (Å²) in [6.45, 7) is 1.16. The lowest BCUT2D eigenvalue weighted by Gasteiger charge is -2.11. The van der Waals surface area contributed by atoms with Crippen molar-refractivity contribution >= 4 is 16.8 Å². The second-order valence-corrected chi connectivity index (χ2v) is 4.96. The highest BCUT2D eigenvalue weighted by Gasteiger charge is 2.19. The minimum Gasteiger partial charge on any atom is -0.352 e. The van der Waals surface area contributed by atoms with E-state index in [1.54, 1.807) is 6.07 Å². The third kappa shape index (κ3) is 2.70. The third-order valence-corrected chi connectivity index (χ3v) is 3.43. The quantitative estimate of drug-likeness (QED) is 0.746. The smallest absolute Gasteiger partial charge is 0.258 e. The molecule has 20 heavy (non-hydrogen) atoms. The van der Waals surface area contributed by atoms with Gasteiger partial charge in [-0.15, -0.1) is 0 Å². The van der Waals surface area contributed by atoms with Crippen LogP contribution in [0.15, 0.2) is 29.1 Å². The van der Waals surface area contributed by atoms with Gasteiger partial charge in [-0.3, -0.25) is 9.59 Å². The van der Waals surface area contributed by atoms with Crippen molar-refractivity contribution in [2.45, 2.75) is 25.4 Å². The number of aromatic amines is 1. The number of carbonyl (C=O) groups is 1. The average molecular weight is 272 g/mol. The fourth-order valence-corrected chi connectivity index (χ4v) is 2.41. The predicted molar refractivity (Wildman–Crippen MR) is 75.2 cm³/mol. The molecule has 1 amide bonds. The first-order valence-corrected chi connectivity index (χ1v) is 6.70. The fourth-order valence-electron chi connectivity index (χ4n) is 2.41. The molecule has 1 aliphatic heterocycles. The summed E-state index contributed by atoms with van der Waals surface area (Å²) in [5, 5.41) is 6.69. The molecular weight excluding hydrogens is 256 g/mol. The normalized spacial score (nSPS) is 18.4. The van der Waals surface area contributed by atoms with Gasteiger partial charge in [0.25, 0.3) is 5.56 Å². The summed E-state index contributed by atoms with van der Waals surface area (Å²) in [6.07, 6.45) is 1.45. The molecule has 0 bridgehead atoms. The number of amides is 1. The summed E-state index contributed by atoms with van der Waals surface area (Å²) in [5.41, 5.74) is 0.573. The van der Waals surface area contributed by atoms with E-state index in [4.69, 9.17) is 0 Å². The molecule has 1 fully saturated rings. The van der Waals surface area contributed by atoms with Crippen LogP contribution >= 0.6 is 0 Å². The number of rotatable bonds is 4. The van der Waals surface area contributed by atoms with Crippen molar-refractivity contribution < 1.29 is 4.79 Å². The number of aromatic nitrogens is 2. The molecule has 2 heterocycles. The second kappa shape index (κ2) is 5.42. The van der Waals surface area contributed by atoms with Crippen molar-refractivity contribution in [1.29, 1.82) is 0 Å². The van der Waals surface area contributed by atoms with Gasteiger partial charge in [-0.1, -0.05) is 12.1 Å². The molecule has 3 rings (SSSR count). The predicted octanol–water partition coefficient (Wildman–Crippen LogP) is 0.291. The summed E-state index contributed by atoms with van der Waals surface area (Å²) < 4.78 is 0. The molecule has 1 aliphatic rings. The van der Waals surface area contributed by atoms with Crippen molar-refractivity contribution in [1.82, 2.24) is 20.6 Å². The van der Waals surface area contributed by atoms with Crippen molar-refractivity contribution in [2.24, 2.45) is 0 Å². The summed E-state index contributed by atoms with van der Waals surface area (Å²) in [5.74, 6) is 0.715. The zero-order valence-corrected chi connectivity index (χ0v) is 11.0. The summed E-state index contributed by atoms with van der Waals surface area (Å²) in [6, 6.07) is 7.44. The van der Waals surface area contributed by atoms with E-state index >= 15 is 0 Å². The Morgan fingerprint density at radius 2 is 2.15 bits per heavy atom. The van der Waals surface area contributed by atoms with E-state index in [0.29, 0.717) is 36.2 Å². The van der Waals surface area contributed by atoms with Crippen LogP contribution in [0.3, 0.4) is 0 Å². The average Bonchev–Trinajstić information content (AvgIpc) is 2.85. The molecule has 0 radical (unpaired) electrons. The lowest BCUT2D eigenvalue weighted by molar-refractivity contribution is -0.119. The number of carbonyl (C=O) groups excluding carboxylic acids is 1. The summed E-state index contributed by atoms with van der Waals surface area (Å²) in [7, 11) is 0. The van der Waals surface area contributed by atoms with E-state index < -0.39 is 0 Å². The largest absolute Gasteiger partial charge is 0.352 e. The zero-order chi connectivity index (χ0) is 13.9. The number of H-pyrrole nitrogens is 1. The van der Waals surface area contributed by atoms with Crippen molar-refractivity contribution in [3.63, 3.8) is 0 Å². The number of fused-ring (bicyclic) bond motifs is 1. The molecule has 104 valence electrons.